The van der Waals surface area contributed by atoms with Gasteiger partial charge in [-0.1, -0.05) is 32.9 Å². The minimum atomic E-state index is -0.500. The second-order valence-corrected chi connectivity index (χ2v) is 7.71. The summed E-state index contributed by atoms with van der Waals surface area (Å²) < 4.78 is 0.543. The fraction of sp³-hybridized carbons (Fsp3) is 0.471. The van der Waals surface area contributed by atoms with Crippen molar-refractivity contribution in [3.63, 3.8) is 0 Å². The number of carbonyl (C=O) groups is 1. The molecule has 0 aromatic heterocycles. The zero-order chi connectivity index (χ0) is 17.9. The Labute approximate surface area is 145 Å². The lowest BCUT2D eigenvalue weighted by Gasteiger charge is -2.38. The predicted octanol–water partition coefficient (Wildman–Crippen LogP) is 4.81. The molecular weight excluding hydrogens is 360 g/mol. The number of benzene rings is 1. The molecule has 0 spiro atoms. The Hall–Kier alpha value is -1.69. The van der Waals surface area contributed by atoms with E-state index in [-0.39, 0.29) is 28.6 Å². The molecule has 1 amide bonds. The first-order chi connectivity index (χ1) is 10.4. The van der Waals surface area contributed by atoms with Crippen molar-refractivity contribution in [1.82, 2.24) is 4.90 Å². The smallest absolute Gasteiger partial charge is 0.270 e. The Morgan fingerprint density at radius 3 is 2.43 bits per heavy atom. The van der Waals surface area contributed by atoms with Crippen LogP contribution in [0.4, 0.5) is 5.69 Å². The number of halogens is 1. The highest BCUT2D eigenvalue weighted by atomic mass is 79.9. The van der Waals surface area contributed by atoms with Crippen LogP contribution in [0.2, 0.25) is 0 Å². The van der Waals surface area contributed by atoms with Gasteiger partial charge in [-0.3, -0.25) is 14.9 Å². The highest BCUT2D eigenvalue weighted by molar-refractivity contribution is 9.10. The Morgan fingerprint density at radius 2 is 2.00 bits per heavy atom. The van der Waals surface area contributed by atoms with Crippen LogP contribution in [0.25, 0.3) is 0 Å². The highest BCUT2D eigenvalue weighted by Gasteiger charge is 2.31. The monoisotopic (exact) mass is 382 g/mol. The van der Waals surface area contributed by atoms with Crippen molar-refractivity contribution < 1.29 is 9.72 Å². The molecule has 1 atom stereocenters. The van der Waals surface area contributed by atoms with E-state index in [1.807, 2.05) is 13.8 Å². The molecule has 0 radical (unpaired) electrons. The van der Waals surface area contributed by atoms with Gasteiger partial charge in [0.05, 0.1) is 10.5 Å². The van der Waals surface area contributed by atoms with Gasteiger partial charge in [-0.05, 0) is 41.3 Å². The first-order valence-electron chi connectivity index (χ1n) is 7.34. The van der Waals surface area contributed by atoms with E-state index in [2.05, 4.69) is 43.3 Å². The van der Waals surface area contributed by atoms with Gasteiger partial charge in [0.25, 0.3) is 11.6 Å². The molecule has 0 N–H and O–H groups in total. The Bertz CT molecular complexity index is 635. The van der Waals surface area contributed by atoms with Crippen LogP contribution in [-0.2, 0) is 0 Å². The number of rotatable bonds is 5. The topological polar surface area (TPSA) is 63.5 Å². The largest absolute Gasteiger partial charge is 0.331 e. The predicted molar refractivity (Wildman–Crippen MR) is 95.6 cm³/mol. The second kappa shape index (κ2) is 7.25. The van der Waals surface area contributed by atoms with Crippen LogP contribution in [0.3, 0.4) is 0 Å². The van der Waals surface area contributed by atoms with E-state index in [0.717, 1.165) is 5.57 Å². The maximum absolute atomic E-state index is 13.0. The molecule has 0 aliphatic rings. The van der Waals surface area contributed by atoms with Gasteiger partial charge in [0.1, 0.15) is 0 Å². The number of carbonyl (C=O) groups excluding carboxylic acids is 1. The van der Waals surface area contributed by atoms with Crippen molar-refractivity contribution in [2.75, 3.05) is 6.54 Å². The number of nitro benzene ring substituents is 1. The van der Waals surface area contributed by atoms with Crippen molar-refractivity contribution in [2.24, 2.45) is 5.41 Å². The van der Waals surface area contributed by atoms with Crippen molar-refractivity contribution in [2.45, 2.75) is 40.7 Å². The summed E-state index contributed by atoms with van der Waals surface area (Å²) in [6.45, 7) is 14.3. The average Bonchev–Trinajstić information content (AvgIpc) is 2.42. The number of hydrogen-bond donors (Lipinski definition) is 0. The van der Waals surface area contributed by atoms with Crippen molar-refractivity contribution in [1.29, 1.82) is 0 Å². The molecule has 6 heteroatoms. The van der Waals surface area contributed by atoms with Gasteiger partial charge < -0.3 is 4.90 Å². The van der Waals surface area contributed by atoms with Crippen LogP contribution in [0.1, 0.15) is 45.0 Å². The summed E-state index contributed by atoms with van der Waals surface area (Å²) in [4.78, 5) is 25.2. The molecule has 0 bridgehead atoms. The molecule has 0 fully saturated rings. The van der Waals surface area contributed by atoms with Gasteiger partial charge in [-0.15, -0.1) is 0 Å². The van der Waals surface area contributed by atoms with E-state index in [9.17, 15) is 14.9 Å². The SMILES string of the molecule is C=C(C)CN(C(=O)c1cc([N+](=O)[O-])ccc1Br)C(C)C(C)(C)C. The van der Waals surface area contributed by atoms with E-state index in [1.165, 1.54) is 18.2 Å². The van der Waals surface area contributed by atoms with Gasteiger partial charge in [0.15, 0.2) is 0 Å². The standard InChI is InChI=1S/C17H23BrN2O3/c1-11(2)10-19(12(3)17(4,5)6)16(21)14-9-13(20(22)23)7-8-15(14)18/h7-9,12H,1,10H2,2-6H3. The maximum atomic E-state index is 13.0. The number of amides is 1. The maximum Gasteiger partial charge on any atom is 0.270 e. The third-order valence-electron chi connectivity index (χ3n) is 3.81. The lowest BCUT2D eigenvalue weighted by atomic mass is 9.86. The van der Waals surface area contributed by atoms with Crippen LogP contribution >= 0.6 is 15.9 Å². The highest BCUT2D eigenvalue weighted by Crippen LogP contribution is 2.29. The number of nitrogens with zero attached hydrogens (tertiary/aromatic N) is 2. The minimum Gasteiger partial charge on any atom is -0.331 e. The third-order valence-corrected chi connectivity index (χ3v) is 4.50. The lowest BCUT2D eigenvalue weighted by Crippen LogP contribution is -2.46. The van der Waals surface area contributed by atoms with Crippen molar-refractivity contribution in [3.8, 4) is 0 Å². The van der Waals surface area contributed by atoms with Crippen LogP contribution in [0.5, 0.6) is 0 Å². The summed E-state index contributed by atoms with van der Waals surface area (Å²) in [5.74, 6) is -0.244. The summed E-state index contributed by atoms with van der Waals surface area (Å²) in [6.07, 6.45) is 0. The molecule has 1 aromatic rings. The minimum absolute atomic E-state index is 0.0575. The van der Waals surface area contributed by atoms with Gasteiger partial charge in [-0.25, -0.2) is 0 Å². The Balaban J connectivity index is 3.32. The molecule has 0 saturated heterocycles. The molecular formula is C17H23BrN2O3. The molecule has 0 aliphatic carbocycles. The average molecular weight is 383 g/mol. The quantitative estimate of drug-likeness (QED) is 0.416. The molecule has 23 heavy (non-hydrogen) atoms. The summed E-state index contributed by atoms with van der Waals surface area (Å²) >= 11 is 3.32. The van der Waals surface area contributed by atoms with Crippen LogP contribution in [-0.4, -0.2) is 28.3 Å². The summed E-state index contributed by atoms with van der Waals surface area (Å²) in [5.41, 5.74) is 0.918. The number of nitro groups is 1. The van der Waals surface area contributed by atoms with Gasteiger partial charge in [0.2, 0.25) is 0 Å². The molecule has 1 rings (SSSR count). The normalized spacial score (nSPS) is 12.6. The summed E-state index contributed by atoms with van der Waals surface area (Å²) in [5, 5.41) is 11.0. The molecule has 1 aromatic carbocycles. The van der Waals surface area contributed by atoms with Gasteiger partial charge >= 0.3 is 0 Å². The van der Waals surface area contributed by atoms with Crippen molar-refractivity contribution in [3.05, 3.63) is 50.5 Å². The lowest BCUT2D eigenvalue weighted by molar-refractivity contribution is -0.384. The van der Waals surface area contributed by atoms with Crippen LogP contribution in [0.15, 0.2) is 34.8 Å². The van der Waals surface area contributed by atoms with E-state index in [1.54, 1.807) is 4.90 Å². The number of non-ortho nitro benzene ring substituents is 1. The molecule has 0 aliphatic heterocycles. The zero-order valence-electron chi connectivity index (χ0n) is 14.2. The van der Waals surface area contributed by atoms with E-state index >= 15 is 0 Å². The number of hydrogen-bond acceptors (Lipinski definition) is 3. The summed E-state index contributed by atoms with van der Waals surface area (Å²) in [6, 6.07) is 4.16. The van der Waals surface area contributed by atoms with E-state index < -0.39 is 4.92 Å². The van der Waals surface area contributed by atoms with E-state index in [4.69, 9.17) is 0 Å². The molecule has 5 nitrogen and oxygen atoms in total. The first kappa shape index (κ1) is 19.4. The molecule has 126 valence electrons. The first-order valence-corrected chi connectivity index (χ1v) is 8.13. The van der Waals surface area contributed by atoms with Gasteiger partial charge in [0, 0.05) is 29.2 Å². The Morgan fingerprint density at radius 1 is 1.43 bits per heavy atom. The molecule has 0 heterocycles. The molecule has 1 unspecified atom stereocenters. The van der Waals surface area contributed by atoms with Crippen LogP contribution < -0.4 is 0 Å². The second-order valence-electron chi connectivity index (χ2n) is 6.85. The van der Waals surface area contributed by atoms with E-state index in [0.29, 0.717) is 11.0 Å². The molecule has 0 saturated carbocycles. The van der Waals surface area contributed by atoms with Crippen LogP contribution in [0, 0.1) is 15.5 Å². The Kier molecular flexibility index (Phi) is 6.11. The summed E-state index contributed by atoms with van der Waals surface area (Å²) in [7, 11) is 0. The van der Waals surface area contributed by atoms with Crippen molar-refractivity contribution >= 4 is 27.5 Å². The zero-order valence-corrected chi connectivity index (χ0v) is 15.8. The fourth-order valence-electron chi connectivity index (χ4n) is 2.09. The fourth-order valence-corrected chi connectivity index (χ4v) is 2.50. The third kappa shape index (κ3) is 4.89. The van der Waals surface area contributed by atoms with Gasteiger partial charge in [-0.2, -0.15) is 0 Å².